The zero-order valence-corrected chi connectivity index (χ0v) is 14.0. The first-order chi connectivity index (χ1) is 11.2. The molecule has 0 amide bonds. The molecule has 0 spiro atoms. The van der Waals surface area contributed by atoms with Crippen LogP contribution in [0.1, 0.15) is 18.2 Å². The maximum atomic E-state index is 5.94. The van der Waals surface area contributed by atoms with Gasteiger partial charge in [-0.25, -0.2) is 0 Å². The predicted octanol–water partition coefficient (Wildman–Crippen LogP) is 2.76. The van der Waals surface area contributed by atoms with E-state index in [0.717, 1.165) is 36.0 Å². The molecule has 0 aliphatic carbocycles. The van der Waals surface area contributed by atoms with E-state index in [1.165, 1.54) is 0 Å². The van der Waals surface area contributed by atoms with Crippen LogP contribution in [0.15, 0.2) is 52.1 Å². The lowest BCUT2D eigenvalue weighted by atomic mass is 10.2. The normalized spacial score (nSPS) is 12.7. The van der Waals surface area contributed by atoms with Gasteiger partial charge in [-0.2, -0.15) is 0 Å². The van der Waals surface area contributed by atoms with Crippen molar-refractivity contribution in [1.29, 1.82) is 0 Å². The van der Waals surface area contributed by atoms with Crippen LogP contribution < -0.4 is 15.4 Å². The lowest BCUT2D eigenvalue weighted by Crippen LogP contribution is -2.42. The summed E-state index contributed by atoms with van der Waals surface area (Å²) in [6.07, 6.45) is 2.55. The fourth-order valence-corrected chi connectivity index (χ4v) is 2.17. The second-order valence-electron chi connectivity index (χ2n) is 5.40. The quantitative estimate of drug-likeness (QED) is 0.609. The van der Waals surface area contributed by atoms with Crippen molar-refractivity contribution in [2.24, 2.45) is 4.99 Å². The van der Waals surface area contributed by atoms with E-state index in [0.29, 0.717) is 6.54 Å². The Kier molecular flexibility index (Phi) is 6.54. The van der Waals surface area contributed by atoms with E-state index >= 15 is 0 Å². The summed E-state index contributed by atoms with van der Waals surface area (Å²) in [4.78, 5) is 4.21. The number of benzene rings is 1. The first-order valence-corrected chi connectivity index (χ1v) is 7.88. The highest BCUT2D eigenvalue weighted by atomic mass is 16.5. The van der Waals surface area contributed by atoms with Crippen LogP contribution in [0, 0.1) is 6.92 Å². The smallest absolute Gasteiger partial charge is 0.191 e. The fraction of sp³-hybridized carbons (Fsp3) is 0.389. The molecule has 0 fully saturated rings. The SMILES string of the molecule is CN=C(NCCc1ccco1)NCC(C)Oc1ccccc1C. The molecule has 5 heteroatoms. The van der Waals surface area contributed by atoms with Crippen LogP contribution in [0.4, 0.5) is 0 Å². The number of aryl methyl sites for hydroxylation is 1. The summed E-state index contributed by atoms with van der Waals surface area (Å²) in [5.41, 5.74) is 1.14. The van der Waals surface area contributed by atoms with Crippen LogP contribution in [0.3, 0.4) is 0 Å². The average molecular weight is 315 g/mol. The van der Waals surface area contributed by atoms with Gasteiger partial charge in [0.1, 0.15) is 17.6 Å². The molecular formula is C18H25N3O2. The van der Waals surface area contributed by atoms with Crippen molar-refractivity contribution in [3.63, 3.8) is 0 Å². The van der Waals surface area contributed by atoms with E-state index < -0.39 is 0 Å². The minimum absolute atomic E-state index is 0.0414. The van der Waals surface area contributed by atoms with Crippen molar-refractivity contribution in [1.82, 2.24) is 10.6 Å². The lowest BCUT2D eigenvalue weighted by molar-refractivity contribution is 0.222. The summed E-state index contributed by atoms with van der Waals surface area (Å²) < 4.78 is 11.2. The summed E-state index contributed by atoms with van der Waals surface area (Å²) in [6.45, 7) is 5.52. The zero-order valence-electron chi connectivity index (χ0n) is 14.0. The van der Waals surface area contributed by atoms with Crippen LogP contribution in [0.5, 0.6) is 5.75 Å². The topological polar surface area (TPSA) is 58.8 Å². The van der Waals surface area contributed by atoms with Crippen molar-refractivity contribution in [2.75, 3.05) is 20.1 Å². The maximum Gasteiger partial charge on any atom is 0.191 e. The molecule has 2 N–H and O–H groups in total. The monoisotopic (exact) mass is 315 g/mol. The molecule has 1 atom stereocenters. The van der Waals surface area contributed by atoms with Gasteiger partial charge < -0.3 is 19.8 Å². The Morgan fingerprint density at radius 3 is 2.74 bits per heavy atom. The molecule has 5 nitrogen and oxygen atoms in total. The molecule has 0 aliphatic heterocycles. The van der Waals surface area contributed by atoms with Gasteiger partial charge in [-0.05, 0) is 37.6 Å². The van der Waals surface area contributed by atoms with Gasteiger partial charge in [0.05, 0.1) is 12.8 Å². The second kappa shape index (κ2) is 8.88. The summed E-state index contributed by atoms with van der Waals surface area (Å²) in [5.74, 6) is 2.64. The molecule has 1 unspecified atom stereocenters. The number of aliphatic imine (C=N–C) groups is 1. The number of nitrogens with one attached hydrogen (secondary N) is 2. The Morgan fingerprint density at radius 2 is 2.04 bits per heavy atom. The van der Waals surface area contributed by atoms with Crippen molar-refractivity contribution in [3.8, 4) is 5.75 Å². The number of furan rings is 1. The Hall–Kier alpha value is -2.43. The Morgan fingerprint density at radius 1 is 1.22 bits per heavy atom. The average Bonchev–Trinajstić information content (AvgIpc) is 3.06. The van der Waals surface area contributed by atoms with E-state index in [4.69, 9.17) is 9.15 Å². The fourth-order valence-electron chi connectivity index (χ4n) is 2.17. The molecule has 0 saturated heterocycles. The summed E-state index contributed by atoms with van der Waals surface area (Å²) in [7, 11) is 1.76. The third kappa shape index (κ3) is 5.70. The molecule has 1 heterocycles. The van der Waals surface area contributed by atoms with Gasteiger partial charge >= 0.3 is 0 Å². The second-order valence-corrected chi connectivity index (χ2v) is 5.40. The first kappa shape index (κ1) is 16.9. The highest BCUT2D eigenvalue weighted by Crippen LogP contribution is 2.17. The highest BCUT2D eigenvalue weighted by Gasteiger charge is 2.07. The van der Waals surface area contributed by atoms with Crippen LogP contribution in [0.25, 0.3) is 0 Å². The van der Waals surface area contributed by atoms with E-state index in [2.05, 4.69) is 15.6 Å². The summed E-state index contributed by atoms with van der Waals surface area (Å²) in [6, 6.07) is 11.9. The molecule has 2 aromatic rings. The molecular weight excluding hydrogens is 290 g/mol. The molecule has 1 aromatic carbocycles. The van der Waals surface area contributed by atoms with Gasteiger partial charge in [-0.1, -0.05) is 18.2 Å². The molecule has 0 radical (unpaired) electrons. The van der Waals surface area contributed by atoms with Crippen molar-refractivity contribution >= 4 is 5.96 Å². The molecule has 0 bridgehead atoms. The van der Waals surface area contributed by atoms with Crippen LogP contribution in [-0.4, -0.2) is 32.2 Å². The summed E-state index contributed by atoms with van der Waals surface area (Å²) in [5, 5.41) is 6.53. The van der Waals surface area contributed by atoms with Gasteiger partial charge in [-0.15, -0.1) is 0 Å². The number of nitrogens with zero attached hydrogens (tertiary/aromatic N) is 1. The van der Waals surface area contributed by atoms with Crippen molar-refractivity contribution in [2.45, 2.75) is 26.4 Å². The molecule has 0 saturated carbocycles. The van der Waals surface area contributed by atoms with E-state index in [-0.39, 0.29) is 6.10 Å². The zero-order chi connectivity index (χ0) is 16.5. The Bertz CT molecular complexity index is 608. The number of hydrogen-bond donors (Lipinski definition) is 2. The van der Waals surface area contributed by atoms with Gasteiger partial charge in [-0.3, -0.25) is 4.99 Å². The lowest BCUT2D eigenvalue weighted by Gasteiger charge is -2.18. The van der Waals surface area contributed by atoms with Crippen molar-refractivity contribution < 1.29 is 9.15 Å². The molecule has 23 heavy (non-hydrogen) atoms. The predicted molar refractivity (Wildman–Crippen MR) is 93.0 cm³/mol. The summed E-state index contributed by atoms with van der Waals surface area (Å²) >= 11 is 0. The van der Waals surface area contributed by atoms with Gasteiger partial charge in [0, 0.05) is 20.0 Å². The Labute approximate surface area is 137 Å². The van der Waals surface area contributed by atoms with Crippen LogP contribution >= 0.6 is 0 Å². The number of guanidine groups is 1. The van der Waals surface area contributed by atoms with Gasteiger partial charge in [0.2, 0.25) is 0 Å². The number of ether oxygens (including phenoxy) is 1. The van der Waals surface area contributed by atoms with Gasteiger partial charge in [0.15, 0.2) is 5.96 Å². The minimum atomic E-state index is 0.0414. The molecule has 2 rings (SSSR count). The van der Waals surface area contributed by atoms with E-state index in [1.807, 2.05) is 50.2 Å². The van der Waals surface area contributed by atoms with E-state index in [1.54, 1.807) is 13.3 Å². The third-order valence-electron chi connectivity index (χ3n) is 3.45. The minimum Gasteiger partial charge on any atom is -0.489 e. The van der Waals surface area contributed by atoms with Crippen LogP contribution in [0.2, 0.25) is 0 Å². The number of rotatable bonds is 7. The van der Waals surface area contributed by atoms with E-state index in [9.17, 15) is 0 Å². The highest BCUT2D eigenvalue weighted by molar-refractivity contribution is 5.79. The Balaban J connectivity index is 1.71. The molecule has 1 aromatic heterocycles. The van der Waals surface area contributed by atoms with Crippen molar-refractivity contribution in [3.05, 3.63) is 54.0 Å². The first-order valence-electron chi connectivity index (χ1n) is 7.88. The number of para-hydroxylation sites is 1. The number of hydrogen-bond acceptors (Lipinski definition) is 3. The van der Waals surface area contributed by atoms with Crippen LogP contribution in [-0.2, 0) is 6.42 Å². The molecule has 124 valence electrons. The van der Waals surface area contributed by atoms with Gasteiger partial charge in [0.25, 0.3) is 0 Å². The maximum absolute atomic E-state index is 5.94. The molecule has 0 aliphatic rings. The third-order valence-corrected chi connectivity index (χ3v) is 3.45. The largest absolute Gasteiger partial charge is 0.489 e. The standard InChI is InChI=1S/C18H25N3O2/c1-14-7-4-5-9-17(14)23-15(2)13-21-18(19-3)20-11-10-16-8-6-12-22-16/h4-9,12,15H,10-11,13H2,1-3H3,(H2,19,20,21).